The van der Waals surface area contributed by atoms with Crippen molar-refractivity contribution in [1.29, 1.82) is 0 Å². The number of esters is 1. The van der Waals surface area contributed by atoms with Crippen LogP contribution in [0.25, 0.3) is 0 Å². The molecule has 1 saturated heterocycles. The van der Waals surface area contributed by atoms with Gasteiger partial charge in [-0.15, -0.1) is 0 Å². The molecule has 1 aliphatic heterocycles. The van der Waals surface area contributed by atoms with Gasteiger partial charge in [0, 0.05) is 37.5 Å². The lowest BCUT2D eigenvalue weighted by atomic mass is 9.98. The lowest BCUT2D eigenvalue weighted by Crippen LogP contribution is -2.54. The summed E-state index contributed by atoms with van der Waals surface area (Å²) < 4.78 is 58.0. The molecule has 2 atom stereocenters. The second-order valence-corrected chi connectivity index (χ2v) is 9.56. The molecule has 2 aromatic rings. The first kappa shape index (κ1) is 26.1. The van der Waals surface area contributed by atoms with E-state index in [2.05, 4.69) is 4.90 Å². The zero-order valence-corrected chi connectivity index (χ0v) is 20.1. The minimum absolute atomic E-state index is 0.00497. The highest BCUT2D eigenvalue weighted by Gasteiger charge is 2.52. The van der Waals surface area contributed by atoms with Crippen molar-refractivity contribution in [3.63, 3.8) is 0 Å². The van der Waals surface area contributed by atoms with E-state index in [1.54, 1.807) is 31.2 Å². The van der Waals surface area contributed by atoms with Crippen molar-refractivity contribution in [2.24, 2.45) is 5.92 Å². The van der Waals surface area contributed by atoms with Gasteiger partial charge in [-0.3, -0.25) is 4.79 Å². The quantitative estimate of drug-likeness (QED) is 0.343. The molecule has 0 radical (unpaired) electrons. The summed E-state index contributed by atoms with van der Waals surface area (Å²) in [7, 11) is 0. The SMILES string of the molecule is CCOC(=O)c1ccc(CCCN2CC(CN(C(=O)C(F)(F)F)C3CC3c3ccc(F)cc3)C2)cc1. The van der Waals surface area contributed by atoms with Gasteiger partial charge in [0.2, 0.25) is 0 Å². The Balaban J connectivity index is 1.24. The molecule has 4 rings (SSSR count). The fourth-order valence-electron chi connectivity index (χ4n) is 4.91. The van der Waals surface area contributed by atoms with Crippen molar-refractivity contribution in [3.05, 3.63) is 71.0 Å². The Kier molecular flexibility index (Phi) is 7.97. The number of nitrogens with zero attached hydrogens (tertiary/aromatic N) is 2. The number of hydrogen-bond acceptors (Lipinski definition) is 4. The Bertz CT molecular complexity index is 1050. The van der Waals surface area contributed by atoms with E-state index in [0.717, 1.165) is 35.4 Å². The highest BCUT2D eigenvalue weighted by atomic mass is 19.4. The molecule has 2 unspecified atom stereocenters. The number of hydrogen-bond donors (Lipinski definition) is 0. The van der Waals surface area contributed by atoms with Gasteiger partial charge < -0.3 is 14.5 Å². The molecule has 1 saturated carbocycles. The van der Waals surface area contributed by atoms with E-state index in [1.165, 1.54) is 12.1 Å². The Morgan fingerprint density at radius 2 is 1.72 bits per heavy atom. The smallest absolute Gasteiger partial charge is 0.462 e. The largest absolute Gasteiger partial charge is 0.471 e. The lowest BCUT2D eigenvalue weighted by molar-refractivity contribution is -0.187. The van der Waals surface area contributed by atoms with E-state index in [4.69, 9.17) is 4.74 Å². The predicted molar refractivity (Wildman–Crippen MR) is 126 cm³/mol. The minimum Gasteiger partial charge on any atom is -0.462 e. The molecule has 0 N–H and O–H groups in total. The van der Waals surface area contributed by atoms with Gasteiger partial charge in [0.15, 0.2) is 0 Å². The molecule has 194 valence electrons. The molecule has 1 aliphatic carbocycles. The van der Waals surface area contributed by atoms with E-state index >= 15 is 0 Å². The Labute approximate surface area is 208 Å². The number of likely N-dealkylation sites (tertiary alicyclic amines) is 1. The number of aryl methyl sites for hydroxylation is 1. The molecule has 2 fully saturated rings. The lowest BCUT2D eigenvalue weighted by Gasteiger charge is -2.42. The van der Waals surface area contributed by atoms with Gasteiger partial charge in [0.05, 0.1) is 12.2 Å². The number of halogens is 4. The first-order chi connectivity index (χ1) is 17.2. The van der Waals surface area contributed by atoms with E-state index in [9.17, 15) is 27.2 Å². The zero-order chi connectivity index (χ0) is 25.9. The summed E-state index contributed by atoms with van der Waals surface area (Å²) in [6.45, 7) is 4.27. The maximum absolute atomic E-state index is 13.3. The summed E-state index contributed by atoms with van der Waals surface area (Å²) in [6.07, 6.45) is -2.75. The van der Waals surface area contributed by atoms with Crippen molar-refractivity contribution < 1.29 is 31.9 Å². The normalized spacial score (nSPS) is 20.0. The number of amides is 1. The minimum atomic E-state index is -4.91. The molecular weight excluding hydrogens is 476 g/mol. The van der Waals surface area contributed by atoms with Crippen molar-refractivity contribution in [1.82, 2.24) is 9.80 Å². The molecule has 1 amide bonds. The molecule has 0 bridgehead atoms. The first-order valence-corrected chi connectivity index (χ1v) is 12.3. The second kappa shape index (κ2) is 11.0. The summed E-state index contributed by atoms with van der Waals surface area (Å²) in [5.74, 6) is -2.73. The predicted octanol–water partition coefficient (Wildman–Crippen LogP) is 4.81. The number of rotatable bonds is 10. The van der Waals surface area contributed by atoms with Crippen molar-refractivity contribution in [2.45, 2.75) is 44.3 Å². The fraction of sp³-hybridized carbons (Fsp3) is 0.481. The highest BCUT2D eigenvalue weighted by molar-refractivity contribution is 5.89. The van der Waals surface area contributed by atoms with Gasteiger partial charge in [-0.2, -0.15) is 13.2 Å². The molecule has 9 heteroatoms. The Hall–Kier alpha value is -2.94. The van der Waals surface area contributed by atoms with Gasteiger partial charge in [0.25, 0.3) is 0 Å². The van der Waals surface area contributed by atoms with Crippen molar-refractivity contribution in [3.8, 4) is 0 Å². The van der Waals surface area contributed by atoms with Crippen LogP contribution < -0.4 is 0 Å². The van der Waals surface area contributed by atoms with Crippen LogP contribution in [0.4, 0.5) is 17.6 Å². The fourth-order valence-corrected chi connectivity index (χ4v) is 4.91. The summed E-state index contributed by atoms with van der Waals surface area (Å²) in [5.41, 5.74) is 2.37. The zero-order valence-electron chi connectivity index (χ0n) is 20.1. The molecule has 36 heavy (non-hydrogen) atoms. The van der Waals surface area contributed by atoms with Gasteiger partial charge >= 0.3 is 18.1 Å². The molecule has 2 aromatic carbocycles. The third kappa shape index (κ3) is 6.43. The molecular formula is C27H30F4N2O3. The summed E-state index contributed by atoms with van der Waals surface area (Å²) in [4.78, 5) is 27.1. The second-order valence-electron chi connectivity index (χ2n) is 9.56. The van der Waals surface area contributed by atoms with Crippen LogP contribution >= 0.6 is 0 Å². The third-order valence-electron chi connectivity index (χ3n) is 6.85. The summed E-state index contributed by atoms with van der Waals surface area (Å²) in [6, 6.07) is 12.5. The highest BCUT2D eigenvalue weighted by Crippen LogP contribution is 2.46. The van der Waals surface area contributed by atoms with Crippen LogP contribution in [0.2, 0.25) is 0 Å². The number of ether oxygens (including phenoxy) is 1. The van der Waals surface area contributed by atoms with Crippen LogP contribution in [-0.2, 0) is 16.0 Å². The molecule has 1 heterocycles. The van der Waals surface area contributed by atoms with E-state index in [-0.39, 0.29) is 24.3 Å². The summed E-state index contributed by atoms with van der Waals surface area (Å²) >= 11 is 0. The van der Waals surface area contributed by atoms with E-state index in [1.807, 2.05) is 12.1 Å². The van der Waals surface area contributed by atoms with Crippen LogP contribution in [0.5, 0.6) is 0 Å². The van der Waals surface area contributed by atoms with Crippen LogP contribution in [0, 0.1) is 11.7 Å². The average molecular weight is 507 g/mol. The maximum atomic E-state index is 13.3. The van der Waals surface area contributed by atoms with Gasteiger partial charge in [-0.05, 0) is 68.1 Å². The number of carbonyl (C=O) groups excluding carboxylic acids is 2. The number of benzene rings is 2. The first-order valence-electron chi connectivity index (χ1n) is 12.3. The van der Waals surface area contributed by atoms with Crippen LogP contribution in [0.3, 0.4) is 0 Å². The van der Waals surface area contributed by atoms with Crippen molar-refractivity contribution in [2.75, 3.05) is 32.8 Å². The van der Waals surface area contributed by atoms with Crippen LogP contribution in [-0.4, -0.2) is 66.7 Å². The monoisotopic (exact) mass is 506 g/mol. The standard InChI is InChI=1S/C27H30F4N2O3/c1-2-36-25(34)21-7-5-18(6-8-21)4-3-13-32-15-19(16-32)17-33(26(35)27(29,30)31)24-14-23(24)20-9-11-22(28)12-10-20/h5-12,19,23-24H,2-4,13-17H2,1H3. The third-order valence-corrected chi connectivity index (χ3v) is 6.85. The van der Waals surface area contributed by atoms with Gasteiger partial charge in [0.1, 0.15) is 5.82 Å². The number of alkyl halides is 3. The molecule has 0 aromatic heterocycles. The van der Waals surface area contributed by atoms with Crippen LogP contribution in [0.15, 0.2) is 48.5 Å². The topological polar surface area (TPSA) is 49.9 Å². The van der Waals surface area contributed by atoms with E-state index < -0.39 is 23.9 Å². The molecule has 5 nitrogen and oxygen atoms in total. The molecule has 0 spiro atoms. The van der Waals surface area contributed by atoms with Crippen LogP contribution in [0.1, 0.15) is 47.2 Å². The van der Waals surface area contributed by atoms with Gasteiger partial charge in [-0.25, -0.2) is 9.18 Å². The Morgan fingerprint density at radius 1 is 1.06 bits per heavy atom. The summed E-state index contributed by atoms with van der Waals surface area (Å²) in [5, 5.41) is 0. The van der Waals surface area contributed by atoms with Gasteiger partial charge in [-0.1, -0.05) is 24.3 Å². The van der Waals surface area contributed by atoms with E-state index in [0.29, 0.717) is 31.7 Å². The molecule has 2 aliphatic rings. The maximum Gasteiger partial charge on any atom is 0.471 e. The number of carbonyl (C=O) groups is 2. The average Bonchev–Trinajstić information content (AvgIpc) is 3.60. The Morgan fingerprint density at radius 3 is 2.33 bits per heavy atom. The van der Waals surface area contributed by atoms with Crippen molar-refractivity contribution >= 4 is 11.9 Å².